The third-order valence-electron chi connectivity index (χ3n) is 7.07. The van der Waals surface area contributed by atoms with Gasteiger partial charge in [-0.15, -0.1) is 0 Å². The third kappa shape index (κ3) is 3.28. The molecule has 0 aliphatic carbocycles. The zero-order valence-electron chi connectivity index (χ0n) is 18.6. The molecule has 2 N–H and O–H groups in total. The molecule has 0 bridgehead atoms. The molecule has 0 heterocycles. The summed E-state index contributed by atoms with van der Waals surface area (Å²) in [5.41, 5.74) is -0.954. The highest BCUT2D eigenvalue weighted by Gasteiger charge is 2.61. The summed E-state index contributed by atoms with van der Waals surface area (Å²) in [7, 11) is 0. The normalized spacial score (nSPS) is 12.5. The fourth-order valence-corrected chi connectivity index (χ4v) is 5.10. The minimum atomic E-state index is -1.47. The molecule has 0 aromatic heterocycles. The van der Waals surface area contributed by atoms with Crippen LogP contribution in [0.25, 0.3) is 0 Å². The lowest BCUT2D eigenvalue weighted by Crippen LogP contribution is -2.58. The smallest absolute Gasteiger partial charge is 0.123 e. The second-order valence-electron chi connectivity index (χ2n) is 8.57. The number of hydrogen-bond acceptors (Lipinski definition) is 2. The van der Waals surface area contributed by atoms with Crippen LogP contribution in [0.3, 0.4) is 0 Å². The van der Waals surface area contributed by atoms with Crippen molar-refractivity contribution in [3.63, 3.8) is 0 Å². The Labute approximate surface area is 190 Å². The minimum absolute atomic E-state index is 0.521. The lowest BCUT2D eigenvalue weighted by Gasteiger charge is -2.55. The fourth-order valence-electron chi connectivity index (χ4n) is 5.10. The monoisotopic (exact) mass is 422 g/mol. The molecule has 0 amide bonds. The predicted octanol–water partition coefficient (Wildman–Crippen LogP) is 6.27. The van der Waals surface area contributed by atoms with Crippen molar-refractivity contribution in [2.45, 2.75) is 31.5 Å². The van der Waals surface area contributed by atoms with Crippen LogP contribution in [0.4, 0.5) is 0 Å². The number of rotatable bonds is 7. The first kappa shape index (κ1) is 22.0. The molecule has 0 radical (unpaired) electrons. The molecule has 4 aromatic carbocycles. The Hall–Kier alpha value is -3.20. The standard InChI is InChI=1S/C30H30O2/c1-3-28(2,29(31,24-16-8-4-9-17-24)25-18-10-5-11-19-25)30(32,26-20-12-6-13-21-26)27-22-14-7-15-23-27/h4-23,31-32H,3H2,1-2H3. The van der Waals surface area contributed by atoms with Gasteiger partial charge in [0.2, 0.25) is 0 Å². The summed E-state index contributed by atoms with van der Waals surface area (Å²) in [5, 5.41) is 25.5. The van der Waals surface area contributed by atoms with Crippen LogP contribution in [0, 0.1) is 5.41 Å². The minimum Gasteiger partial charge on any atom is -0.380 e. The third-order valence-corrected chi connectivity index (χ3v) is 7.07. The molecule has 4 rings (SSSR count). The highest BCUT2D eigenvalue weighted by molar-refractivity contribution is 5.47. The zero-order chi connectivity index (χ0) is 22.7. The molecule has 162 valence electrons. The molecule has 0 spiro atoms. The Morgan fingerprint density at radius 3 is 0.875 bits per heavy atom. The lowest BCUT2D eigenvalue weighted by atomic mass is 9.53. The fraction of sp³-hybridized carbons (Fsp3) is 0.200. The summed E-state index contributed by atoms with van der Waals surface area (Å²) in [4.78, 5) is 0. The molecular weight excluding hydrogens is 392 g/mol. The van der Waals surface area contributed by atoms with Crippen LogP contribution >= 0.6 is 0 Å². The summed E-state index contributed by atoms with van der Waals surface area (Å²) in [6.07, 6.45) is 0.521. The molecule has 0 saturated heterocycles. The van der Waals surface area contributed by atoms with Crippen LogP contribution in [0.5, 0.6) is 0 Å². The van der Waals surface area contributed by atoms with E-state index in [0.717, 1.165) is 22.3 Å². The molecule has 0 saturated carbocycles. The molecule has 4 aromatic rings. The van der Waals surface area contributed by atoms with Crippen molar-refractivity contribution in [3.8, 4) is 0 Å². The van der Waals surface area contributed by atoms with Crippen molar-refractivity contribution in [1.29, 1.82) is 0 Å². The zero-order valence-corrected chi connectivity index (χ0v) is 18.6. The van der Waals surface area contributed by atoms with Gasteiger partial charge in [0, 0.05) is 5.41 Å². The van der Waals surface area contributed by atoms with Gasteiger partial charge in [0.25, 0.3) is 0 Å². The maximum atomic E-state index is 12.8. The van der Waals surface area contributed by atoms with Crippen molar-refractivity contribution >= 4 is 0 Å². The first-order chi connectivity index (χ1) is 15.5. The van der Waals surface area contributed by atoms with Gasteiger partial charge in [0.05, 0.1) is 0 Å². The first-order valence-corrected chi connectivity index (χ1v) is 11.2. The van der Waals surface area contributed by atoms with E-state index in [1.54, 1.807) is 0 Å². The molecule has 2 nitrogen and oxygen atoms in total. The molecule has 0 unspecified atom stereocenters. The van der Waals surface area contributed by atoms with Crippen molar-refractivity contribution in [3.05, 3.63) is 144 Å². The Balaban J connectivity index is 2.09. The summed E-state index contributed by atoms with van der Waals surface area (Å²) >= 11 is 0. The van der Waals surface area contributed by atoms with Gasteiger partial charge in [-0.3, -0.25) is 0 Å². The molecule has 0 fully saturated rings. The van der Waals surface area contributed by atoms with E-state index in [-0.39, 0.29) is 0 Å². The second-order valence-corrected chi connectivity index (χ2v) is 8.57. The molecule has 0 atom stereocenters. The summed E-state index contributed by atoms with van der Waals surface area (Å²) in [6.45, 7) is 4.03. The van der Waals surface area contributed by atoms with E-state index in [4.69, 9.17) is 0 Å². The maximum Gasteiger partial charge on any atom is 0.123 e. The van der Waals surface area contributed by atoms with E-state index < -0.39 is 16.6 Å². The predicted molar refractivity (Wildman–Crippen MR) is 130 cm³/mol. The van der Waals surface area contributed by atoms with E-state index in [1.807, 2.05) is 135 Å². The second kappa shape index (κ2) is 8.74. The van der Waals surface area contributed by atoms with E-state index in [9.17, 15) is 10.2 Å². The molecule has 32 heavy (non-hydrogen) atoms. The average molecular weight is 423 g/mol. The van der Waals surface area contributed by atoms with Crippen LogP contribution in [0.2, 0.25) is 0 Å². The quantitative estimate of drug-likeness (QED) is 0.368. The Morgan fingerprint density at radius 1 is 0.469 bits per heavy atom. The van der Waals surface area contributed by atoms with Crippen molar-refractivity contribution < 1.29 is 10.2 Å². The van der Waals surface area contributed by atoms with Crippen molar-refractivity contribution in [1.82, 2.24) is 0 Å². The van der Waals surface area contributed by atoms with E-state index >= 15 is 0 Å². The van der Waals surface area contributed by atoms with Crippen LogP contribution < -0.4 is 0 Å². The van der Waals surface area contributed by atoms with Crippen LogP contribution in [-0.4, -0.2) is 10.2 Å². The van der Waals surface area contributed by atoms with Crippen LogP contribution in [0.15, 0.2) is 121 Å². The summed E-state index contributed by atoms with van der Waals surface area (Å²) in [6, 6.07) is 38.8. The SMILES string of the molecule is CCC(C)(C(O)(c1ccccc1)c1ccccc1)C(O)(c1ccccc1)c1ccccc1. The van der Waals surface area contributed by atoms with Gasteiger partial charge < -0.3 is 10.2 Å². The number of benzene rings is 4. The lowest BCUT2D eigenvalue weighted by molar-refractivity contribution is -0.164. The molecule has 0 aliphatic rings. The van der Waals surface area contributed by atoms with Gasteiger partial charge in [-0.1, -0.05) is 135 Å². The van der Waals surface area contributed by atoms with E-state index in [0.29, 0.717) is 6.42 Å². The maximum absolute atomic E-state index is 12.8. The highest BCUT2D eigenvalue weighted by atomic mass is 16.3. The highest BCUT2D eigenvalue weighted by Crippen LogP contribution is 2.59. The van der Waals surface area contributed by atoms with Gasteiger partial charge >= 0.3 is 0 Å². The van der Waals surface area contributed by atoms with E-state index in [2.05, 4.69) is 0 Å². The van der Waals surface area contributed by atoms with Gasteiger partial charge in [-0.05, 0) is 28.7 Å². The van der Waals surface area contributed by atoms with Crippen LogP contribution in [-0.2, 0) is 11.2 Å². The van der Waals surface area contributed by atoms with Crippen molar-refractivity contribution in [2.24, 2.45) is 5.41 Å². The largest absolute Gasteiger partial charge is 0.380 e. The molecule has 0 aliphatic heterocycles. The summed E-state index contributed by atoms with van der Waals surface area (Å²) in [5.74, 6) is 0. The Morgan fingerprint density at radius 2 is 0.688 bits per heavy atom. The Kier molecular flexibility index (Phi) is 6.01. The van der Waals surface area contributed by atoms with E-state index in [1.165, 1.54) is 0 Å². The topological polar surface area (TPSA) is 40.5 Å². The number of hydrogen-bond donors (Lipinski definition) is 2. The molecule has 2 heteroatoms. The average Bonchev–Trinajstić information content (AvgIpc) is 2.89. The van der Waals surface area contributed by atoms with Crippen molar-refractivity contribution in [2.75, 3.05) is 0 Å². The Bertz CT molecular complexity index is 955. The van der Waals surface area contributed by atoms with Gasteiger partial charge in [0.15, 0.2) is 0 Å². The first-order valence-electron chi connectivity index (χ1n) is 11.2. The van der Waals surface area contributed by atoms with Crippen LogP contribution in [0.1, 0.15) is 42.5 Å². The summed E-state index contributed by atoms with van der Waals surface area (Å²) < 4.78 is 0. The van der Waals surface area contributed by atoms with Gasteiger partial charge in [0.1, 0.15) is 11.2 Å². The van der Waals surface area contributed by atoms with Gasteiger partial charge in [-0.2, -0.15) is 0 Å². The van der Waals surface area contributed by atoms with Gasteiger partial charge in [-0.25, -0.2) is 0 Å². The number of aliphatic hydroxyl groups is 2. The molecular formula is C30H30O2.